The fourth-order valence-electron chi connectivity index (χ4n) is 5.44. The molecular formula is C41H52Cl2Zr-2. The van der Waals surface area contributed by atoms with Crippen LogP contribution in [0.2, 0.25) is 0 Å². The molecule has 3 heteroatoms. The minimum atomic E-state index is 0. The molecule has 0 unspecified atom stereocenters. The molecule has 0 bridgehead atoms. The van der Waals surface area contributed by atoms with Crippen molar-refractivity contribution in [2.24, 2.45) is 0 Å². The van der Waals surface area contributed by atoms with Gasteiger partial charge in [0, 0.05) is 0 Å². The zero-order valence-electron chi connectivity index (χ0n) is 29.1. The van der Waals surface area contributed by atoms with Gasteiger partial charge in [-0.15, -0.1) is 5.56 Å². The van der Waals surface area contributed by atoms with E-state index in [1.165, 1.54) is 86.3 Å². The van der Waals surface area contributed by atoms with Crippen LogP contribution < -0.4 is 24.8 Å². The van der Waals surface area contributed by atoms with E-state index in [-0.39, 0.29) is 35.6 Å². The zero-order chi connectivity index (χ0) is 31.5. The van der Waals surface area contributed by atoms with Crippen molar-refractivity contribution in [3.63, 3.8) is 0 Å². The molecule has 0 spiro atoms. The molecule has 1 aliphatic rings. The first kappa shape index (κ1) is 40.4. The minimum absolute atomic E-state index is 0. The van der Waals surface area contributed by atoms with E-state index in [2.05, 4.69) is 162 Å². The van der Waals surface area contributed by atoms with Crippen molar-refractivity contribution in [3.8, 4) is 11.1 Å². The Morgan fingerprint density at radius 3 is 1.77 bits per heavy atom. The summed E-state index contributed by atoms with van der Waals surface area (Å²) in [4.78, 5) is 0. The quantitative estimate of drug-likeness (QED) is 0.223. The number of hydrogen-bond donors (Lipinski definition) is 0. The van der Waals surface area contributed by atoms with Crippen LogP contribution in [0.15, 0.2) is 72.8 Å². The van der Waals surface area contributed by atoms with Crippen molar-refractivity contribution in [1.29, 1.82) is 0 Å². The molecule has 0 amide bonds. The van der Waals surface area contributed by atoms with Crippen LogP contribution >= 0.6 is 0 Å². The van der Waals surface area contributed by atoms with Gasteiger partial charge in [-0.05, 0) is 17.4 Å². The van der Waals surface area contributed by atoms with Crippen LogP contribution in [0.1, 0.15) is 120 Å². The molecule has 44 heavy (non-hydrogen) atoms. The second kappa shape index (κ2) is 16.3. The molecule has 0 aromatic heterocycles. The molecule has 0 fully saturated rings. The Bertz CT molecular complexity index is 1440. The maximum atomic E-state index is 3.53. The monoisotopic (exact) mass is 704 g/mol. The van der Waals surface area contributed by atoms with Gasteiger partial charge in [0.1, 0.15) is 0 Å². The van der Waals surface area contributed by atoms with Crippen LogP contribution in [0, 0.1) is 19.9 Å². The van der Waals surface area contributed by atoms with Gasteiger partial charge in [-0.3, -0.25) is 0 Å². The van der Waals surface area contributed by atoms with Crippen molar-refractivity contribution in [2.75, 3.05) is 0 Å². The van der Waals surface area contributed by atoms with Gasteiger partial charge in [0.2, 0.25) is 0 Å². The van der Waals surface area contributed by atoms with Gasteiger partial charge in [-0.25, -0.2) is 6.07 Å². The average Bonchev–Trinajstić information content (AvgIpc) is 3.46. The Balaban J connectivity index is 0.000000358. The Labute approximate surface area is 297 Å². The number of benzene rings is 3. The summed E-state index contributed by atoms with van der Waals surface area (Å²) in [6.07, 6.45) is 2.21. The third kappa shape index (κ3) is 10.7. The van der Waals surface area contributed by atoms with E-state index in [4.69, 9.17) is 0 Å². The fraction of sp³-hybridized carbons (Fsp3) is 0.415. The fourth-order valence-corrected chi connectivity index (χ4v) is 5.85. The van der Waals surface area contributed by atoms with Gasteiger partial charge >= 0.3 is 76.7 Å². The molecule has 0 saturated carbocycles. The van der Waals surface area contributed by atoms with Gasteiger partial charge in [0.15, 0.2) is 0 Å². The molecule has 5 rings (SSSR count). The minimum Gasteiger partial charge on any atom is -1.00 e. The van der Waals surface area contributed by atoms with E-state index in [9.17, 15) is 0 Å². The number of halogens is 2. The topological polar surface area (TPSA) is 0 Å². The molecule has 0 saturated heterocycles. The third-order valence-corrected chi connectivity index (χ3v) is 9.63. The molecule has 0 N–H and O–H groups in total. The van der Waals surface area contributed by atoms with Crippen LogP contribution in [0.25, 0.3) is 11.1 Å². The summed E-state index contributed by atoms with van der Waals surface area (Å²) in [7, 11) is 0. The molecular weight excluding hydrogens is 655 g/mol. The van der Waals surface area contributed by atoms with E-state index in [0.717, 1.165) is 6.42 Å². The number of aryl methyl sites for hydroxylation is 2. The number of hydrogen-bond acceptors (Lipinski definition) is 0. The van der Waals surface area contributed by atoms with Crippen LogP contribution in [0.3, 0.4) is 0 Å². The van der Waals surface area contributed by atoms with Crippen LogP contribution in [-0.4, -0.2) is 3.21 Å². The summed E-state index contributed by atoms with van der Waals surface area (Å²) in [5.74, 6) is 0. The Kier molecular flexibility index (Phi) is 14.9. The summed E-state index contributed by atoms with van der Waals surface area (Å²) in [6.45, 7) is 27.0. The standard InChI is InChI=1S/C21H25.C11H17.C9H10.2ClH.Zr/c1-20(2,3)16-9-7-14-11-15-8-10-17(21(4,5)6)13-19(15)18(14)12-16;1-8-6-9(2)10(7-8)11(3,4)5;1-2-6-9-7-4-3-5-8-9;;;/h7,9-10,12-13H,11H2,1-6H3;6-7H,1-5H3;3-5,7-8H,2H2,1H3;2*1H;/q2*-1;;;;+2/p-2. The third-order valence-electron chi connectivity index (χ3n) is 8.05. The van der Waals surface area contributed by atoms with Crippen molar-refractivity contribution in [1.82, 2.24) is 0 Å². The summed E-state index contributed by atoms with van der Waals surface area (Å²) >= 11 is 1.54. The molecule has 4 aromatic rings. The smallest absolute Gasteiger partial charge is 0.0632 e. The SMILES string of the molecule is CC(C)(C)c1c[c-]c2c(c1)-c1cc(C(C)(C)C)ccc1C2.CC[C](=[Zr+2])c1ccccc1.Cc1cc(C(C)(C)C)c(C)[cH-]1.[Cl-].[Cl-]. The molecule has 0 nitrogen and oxygen atoms in total. The first-order valence-electron chi connectivity index (χ1n) is 15.5. The van der Waals surface area contributed by atoms with Gasteiger partial charge in [0.05, 0.1) is 0 Å². The first-order chi connectivity index (χ1) is 19.4. The van der Waals surface area contributed by atoms with E-state index in [1.54, 1.807) is 3.21 Å². The predicted molar refractivity (Wildman–Crippen MR) is 182 cm³/mol. The zero-order valence-corrected chi connectivity index (χ0v) is 33.1. The molecule has 1 aliphatic carbocycles. The molecule has 0 atom stereocenters. The second-order valence-corrected chi connectivity index (χ2v) is 16.4. The van der Waals surface area contributed by atoms with Crippen molar-refractivity contribution in [2.45, 2.75) is 112 Å². The van der Waals surface area contributed by atoms with Gasteiger partial charge in [-0.1, -0.05) is 116 Å². The van der Waals surface area contributed by atoms with Crippen molar-refractivity contribution in [3.05, 3.63) is 123 Å². The summed E-state index contributed by atoms with van der Waals surface area (Å²) in [6, 6.07) is 30.2. The molecule has 0 aliphatic heterocycles. The Hall–Kier alpha value is -1.66. The van der Waals surface area contributed by atoms with Crippen molar-refractivity contribution >= 4 is 3.21 Å². The maximum Gasteiger partial charge on any atom is -0.0632 e. The summed E-state index contributed by atoms with van der Waals surface area (Å²) < 4.78 is 1.55. The normalized spacial score (nSPS) is 11.9. The summed E-state index contributed by atoms with van der Waals surface area (Å²) in [5.41, 5.74) is 14.8. The largest absolute Gasteiger partial charge is 1.00 e. The average molecular weight is 707 g/mol. The van der Waals surface area contributed by atoms with Gasteiger partial charge < -0.3 is 24.8 Å². The molecule has 236 valence electrons. The van der Waals surface area contributed by atoms with E-state index in [0.29, 0.717) is 5.41 Å². The van der Waals surface area contributed by atoms with E-state index >= 15 is 0 Å². The molecule has 0 heterocycles. The number of fused-ring (bicyclic) bond motifs is 3. The number of rotatable bonds is 2. The van der Waals surface area contributed by atoms with Gasteiger partial charge in [0.25, 0.3) is 0 Å². The van der Waals surface area contributed by atoms with E-state index < -0.39 is 0 Å². The van der Waals surface area contributed by atoms with Crippen molar-refractivity contribution < 1.29 is 49.0 Å². The predicted octanol–water partition coefficient (Wildman–Crippen LogP) is 5.14. The summed E-state index contributed by atoms with van der Waals surface area (Å²) in [5, 5.41) is 0. The molecule has 4 aromatic carbocycles. The molecule has 0 radical (unpaired) electrons. The van der Waals surface area contributed by atoms with Crippen LogP contribution in [0.5, 0.6) is 0 Å². The Morgan fingerprint density at radius 2 is 1.32 bits per heavy atom. The second-order valence-electron chi connectivity index (χ2n) is 14.9. The Morgan fingerprint density at radius 1 is 0.750 bits per heavy atom. The van der Waals surface area contributed by atoms with Gasteiger partial charge in [-0.2, -0.15) is 52.1 Å². The first-order valence-corrected chi connectivity index (χ1v) is 16.7. The van der Waals surface area contributed by atoms with Crippen LogP contribution in [0.4, 0.5) is 0 Å². The maximum absolute atomic E-state index is 3.53. The van der Waals surface area contributed by atoms with E-state index in [1.807, 2.05) is 0 Å². The van der Waals surface area contributed by atoms with Crippen LogP contribution in [-0.2, 0) is 46.9 Å².